The Hall–Kier alpha value is -1.88. The van der Waals surface area contributed by atoms with Gasteiger partial charge < -0.3 is 13.9 Å². The maximum absolute atomic E-state index is 11.6. The van der Waals surface area contributed by atoms with Crippen molar-refractivity contribution in [2.24, 2.45) is 0 Å². The summed E-state index contributed by atoms with van der Waals surface area (Å²) in [6.45, 7) is 0.599. The van der Waals surface area contributed by atoms with Crippen molar-refractivity contribution in [1.29, 1.82) is 0 Å². The lowest BCUT2D eigenvalue weighted by molar-refractivity contribution is 0.0602. The number of imidazole rings is 1. The highest BCUT2D eigenvalue weighted by Gasteiger charge is 2.12. The fourth-order valence-electron chi connectivity index (χ4n) is 1.74. The fourth-order valence-corrected chi connectivity index (χ4v) is 1.74. The molecule has 0 fully saturated rings. The summed E-state index contributed by atoms with van der Waals surface area (Å²) < 4.78 is 11.6. The third-order valence-corrected chi connectivity index (χ3v) is 2.58. The van der Waals surface area contributed by atoms with E-state index in [1.807, 2.05) is 10.6 Å². The summed E-state index contributed by atoms with van der Waals surface area (Å²) >= 11 is 0. The molecular weight excluding hydrogens is 220 g/mol. The number of ether oxygens (including phenoxy) is 2. The summed E-state index contributed by atoms with van der Waals surface area (Å²) in [4.78, 5) is 15.8. The van der Waals surface area contributed by atoms with Crippen LogP contribution < -0.4 is 0 Å². The first-order valence-electron chi connectivity index (χ1n) is 5.30. The number of carbonyl (C=O) groups is 1. The van der Waals surface area contributed by atoms with Crippen LogP contribution in [0.4, 0.5) is 0 Å². The highest BCUT2D eigenvalue weighted by molar-refractivity contribution is 5.96. The largest absolute Gasteiger partial charge is 0.465 e. The Bertz CT molecular complexity index is 534. The lowest BCUT2D eigenvalue weighted by Crippen LogP contribution is -2.05. The molecule has 0 aliphatic rings. The van der Waals surface area contributed by atoms with Crippen molar-refractivity contribution in [3.63, 3.8) is 0 Å². The van der Waals surface area contributed by atoms with Crippen molar-refractivity contribution in [1.82, 2.24) is 9.38 Å². The van der Waals surface area contributed by atoms with Crippen molar-refractivity contribution >= 4 is 11.5 Å². The third-order valence-electron chi connectivity index (χ3n) is 2.58. The van der Waals surface area contributed by atoms with Gasteiger partial charge in [-0.15, -0.1) is 0 Å². The zero-order valence-electron chi connectivity index (χ0n) is 9.84. The van der Waals surface area contributed by atoms with Crippen LogP contribution in [0.1, 0.15) is 16.2 Å². The normalized spacial score (nSPS) is 10.7. The van der Waals surface area contributed by atoms with Gasteiger partial charge in [0.25, 0.3) is 0 Å². The number of aromatic nitrogens is 2. The molecule has 2 heterocycles. The number of methoxy groups -OCH3 is 2. The van der Waals surface area contributed by atoms with E-state index < -0.39 is 0 Å². The summed E-state index contributed by atoms with van der Waals surface area (Å²) in [7, 11) is 3.02. The van der Waals surface area contributed by atoms with Crippen LogP contribution in [0, 0.1) is 0 Å². The fraction of sp³-hybridized carbons (Fsp3) is 0.333. The van der Waals surface area contributed by atoms with Crippen LogP contribution in [0.5, 0.6) is 0 Å². The predicted molar refractivity (Wildman–Crippen MR) is 62.1 cm³/mol. The van der Waals surface area contributed by atoms with E-state index in [2.05, 4.69) is 4.98 Å². The summed E-state index contributed by atoms with van der Waals surface area (Å²) in [5.41, 5.74) is 1.27. The molecule has 0 aliphatic carbocycles. The smallest absolute Gasteiger partial charge is 0.340 e. The molecule has 0 N–H and O–H groups in total. The molecule has 0 unspecified atom stereocenters. The van der Waals surface area contributed by atoms with E-state index in [1.165, 1.54) is 7.11 Å². The number of carbonyl (C=O) groups excluding carboxylic acids is 1. The summed E-state index contributed by atoms with van der Waals surface area (Å²) in [5, 5.41) is 0. The summed E-state index contributed by atoms with van der Waals surface area (Å²) in [6, 6.07) is 3.53. The van der Waals surface area contributed by atoms with Gasteiger partial charge in [-0.3, -0.25) is 0 Å². The van der Waals surface area contributed by atoms with Crippen molar-refractivity contribution in [2.75, 3.05) is 20.8 Å². The van der Waals surface area contributed by atoms with Gasteiger partial charge in [-0.05, 0) is 12.1 Å². The van der Waals surface area contributed by atoms with Gasteiger partial charge in [0.1, 0.15) is 5.82 Å². The molecule has 5 nitrogen and oxygen atoms in total. The molecule has 0 bridgehead atoms. The Balaban J connectivity index is 2.45. The van der Waals surface area contributed by atoms with Crippen molar-refractivity contribution < 1.29 is 14.3 Å². The van der Waals surface area contributed by atoms with Gasteiger partial charge in [-0.25, -0.2) is 9.78 Å². The van der Waals surface area contributed by atoms with E-state index in [9.17, 15) is 4.79 Å². The first-order valence-corrected chi connectivity index (χ1v) is 5.30. The first kappa shape index (κ1) is 11.6. The van der Waals surface area contributed by atoms with Gasteiger partial charge in [-0.2, -0.15) is 0 Å². The van der Waals surface area contributed by atoms with Crippen LogP contribution in [-0.2, 0) is 15.9 Å². The Morgan fingerprint density at radius 3 is 3.00 bits per heavy atom. The van der Waals surface area contributed by atoms with E-state index in [1.54, 1.807) is 25.4 Å². The average molecular weight is 234 g/mol. The Labute approximate surface area is 99.0 Å². The second kappa shape index (κ2) is 4.97. The van der Waals surface area contributed by atoms with Crippen LogP contribution in [-0.4, -0.2) is 36.2 Å². The molecule has 2 aromatic heterocycles. The number of fused-ring (bicyclic) bond motifs is 1. The molecule has 0 aromatic carbocycles. The first-order chi connectivity index (χ1) is 8.27. The van der Waals surface area contributed by atoms with Gasteiger partial charge in [0, 0.05) is 19.7 Å². The Morgan fingerprint density at radius 2 is 2.29 bits per heavy atom. The van der Waals surface area contributed by atoms with Crippen molar-refractivity contribution in [3.05, 3.63) is 35.9 Å². The lowest BCUT2D eigenvalue weighted by Gasteiger charge is -2.04. The number of rotatable bonds is 4. The second-order valence-corrected chi connectivity index (χ2v) is 3.59. The minimum atomic E-state index is -0.353. The third kappa shape index (κ3) is 2.14. The van der Waals surface area contributed by atoms with Gasteiger partial charge in [0.15, 0.2) is 0 Å². The van der Waals surface area contributed by atoms with Crippen LogP contribution in [0.15, 0.2) is 24.5 Å². The molecule has 0 atom stereocenters. The molecule has 90 valence electrons. The second-order valence-electron chi connectivity index (χ2n) is 3.59. The Kier molecular flexibility index (Phi) is 3.39. The summed E-state index contributed by atoms with van der Waals surface area (Å²) in [6.07, 6.45) is 4.26. The maximum Gasteiger partial charge on any atom is 0.340 e. The lowest BCUT2D eigenvalue weighted by atomic mass is 10.2. The zero-order chi connectivity index (χ0) is 12.3. The van der Waals surface area contributed by atoms with Crippen LogP contribution in [0.2, 0.25) is 0 Å². The highest BCUT2D eigenvalue weighted by Crippen LogP contribution is 2.14. The molecule has 0 spiro atoms. The highest BCUT2D eigenvalue weighted by atomic mass is 16.5. The molecule has 0 amide bonds. The van der Waals surface area contributed by atoms with Crippen molar-refractivity contribution in [2.45, 2.75) is 6.42 Å². The van der Waals surface area contributed by atoms with E-state index in [-0.39, 0.29) is 5.97 Å². The molecular formula is C12H14N2O3. The van der Waals surface area contributed by atoms with E-state index >= 15 is 0 Å². The minimum Gasteiger partial charge on any atom is -0.465 e. The van der Waals surface area contributed by atoms with Crippen LogP contribution in [0.3, 0.4) is 0 Å². The van der Waals surface area contributed by atoms with Gasteiger partial charge in [-0.1, -0.05) is 0 Å². The number of nitrogens with zero attached hydrogens (tertiary/aromatic N) is 2. The molecule has 0 radical (unpaired) electrons. The molecule has 17 heavy (non-hydrogen) atoms. The molecule has 2 aromatic rings. The van der Waals surface area contributed by atoms with Crippen LogP contribution in [0.25, 0.3) is 5.52 Å². The van der Waals surface area contributed by atoms with Crippen LogP contribution >= 0.6 is 0 Å². The zero-order valence-corrected chi connectivity index (χ0v) is 9.84. The average Bonchev–Trinajstić information content (AvgIpc) is 2.78. The van der Waals surface area contributed by atoms with Gasteiger partial charge >= 0.3 is 5.97 Å². The molecule has 0 aliphatic heterocycles. The Morgan fingerprint density at radius 1 is 1.47 bits per heavy atom. The van der Waals surface area contributed by atoms with E-state index in [4.69, 9.17) is 9.47 Å². The standard InChI is InChI=1S/C12H14N2O3/c1-16-7-5-11-13-8-10-9(12(15)17-2)4-3-6-14(10)11/h3-4,6,8H,5,7H2,1-2H3. The summed E-state index contributed by atoms with van der Waals surface area (Å²) in [5.74, 6) is 0.515. The minimum absolute atomic E-state index is 0.353. The molecule has 0 saturated carbocycles. The monoisotopic (exact) mass is 234 g/mol. The van der Waals surface area contributed by atoms with E-state index in [0.717, 1.165) is 11.3 Å². The van der Waals surface area contributed by atoms with Gasteiger partial charge in [0.2, 0.25) is 0 Å². The number of esters is 1. The van der Waals surface area contributed by atoms with E-state index in [0.29, 0.717) is 18.6 Å². The molecule has 2 rings (SSSR count). The van der Waals surface area contributed by atoms with Gasteiger partial charge in [0.05, 0.1) is 31.0 Å². The molecule has 0 saturated heterocycles. The topological polar surface area (TPSA) is 52.8 Å². The number of pyridine rings is 1. The SMILES string of the molecule is COCCc1ncc2c(C(=O)OC)cccn12. The maximum atomic E-state index is 11.6. The quantitative estimate of drug-likeness (QED) is 0.748. The van der Waals surface area contributed by atoms with Crippen molar-refractivity contribution in [3.8, 4) is 0 Å². The number of hydrogen-bond donors (Lipinski definition) is 0. The predicted octanol–water partition coefficient (Wildman–Crippen LogP) is 1.31. The number of hydrogen-bond acceptors (Lipinski definition) is 4. The molecule has 5 heteroatoms.